The number of halogens is 1. The summed E-state index contributed by atoms with van der Waals surface area (Å²) in [5.41, 5.74) is 4.57. The van der Waals surface area contributed by atoms with E-state index < -0.39 is 5.91 Å². The monoisotopic (exact) mass is 427 g/mol. The van der Waals surface area contributed by atoms with Crippen molar-refractivity contribution in [3.8, 4) is 11.3 Å². The summed E-state index contributed by atoms with van der Waals surface area (Å²) >= 11 is 0. The number of nitrogens with one attached hydrogen (secondary N) is 1. The summed E-state index contributed by atoms with van der Waals surface area (Å²) < 4.78 is 16.3. The molecule has 0 aliphatic heterocycles. The summed E-state index contributed by atoms with van der Waals surface area (Å²) in [7, 11) is 0. The molecule has 0 saturated carbocycles. The van der Waals surface area contributed by atoms with Crippen molar-refractivity contribution in [1.29, 1.82) is 0 Å². The van der Waals surface area contributed by atoms with Crippen molar-refractivity contribution in [3.05, 3.63) is 95.8 Å². The minimum absolute atomic E-state index is 0.158. The minimum atomic E-state index is -0.409. The molecule has 0 atom stereocenters. The molecule has 3 aromatic heterocycles. The number of aryl methyl sites for hydroxylation is 1. The van der Waals surface area contributed by atoms with Crippen molar-refractivity contribution >= 4 is 17.5 Å². The SMILES string of the molecule is Cc1ccc(-c2ccnc3c(C(=O)Nc4ncn(Cc5ccc(F)cc5)n4)cnn23)cc1. The quantitative estimate of drug-likeness (QED) is 0.462. The van der Waals surface area contributed by atoms with Gasteiger partial charge < -0.3 is 0 Å². The average molecular weight is 427 g/mol. The molecule has 5 aromatic rings. The summed E-state index contributed by atoms with van der Waals surface area (Å²) in [6.07, 6.45) is 4.63. The Hall–Kier alpha value is -4.40. The van der Waals surface area contributed by atoms with E-state index in [1.54, 1.807) is 27.5 Å². The van der Waals surface area contributed by atoms with Crippen molar-refractivity contribution in [3.63, 3.8) is 0 Å². The van der Waals surface area contributed by atoms with Crippen LogP contribution in [0.2, 0.25) is 0 Å². The summed E-state index contributed by atoms with van der Waals surface area (Å²) in [6, 6.07) is 16.0. The van der Waals surface area contributed by atoms with E-state index in [1.165, 1.54) is 24.7 Å². The molecule has 2 aromatic carbocycles. The van der Waals surface area contributed by atoms with Crippen molar-refractivity contribution < 1.29 is 9.18 Å². The first-order valence-corrected chi connectivity index (χ1v) is 9.92. The first-order chi connectivity index (χ1) is 15.6. The predicted molar refractivity (Wildman–Crippen MR) is 117 cm³/mol. The maximum atomic E-state index is 13.1. The Bertz CT molecular complexity index is 1400. The fourth-order valence-electron chi connectivity index (χ4n) is 3.37. The van der Waals surface area contributed by atoms with Crippen LogP contribution in [0, 0.1) is 12.7 Å². The van der Waals surface area contributed by atoms with Crippen molar-refractivity contribution in [2.24, 2.45) is 0 Å². The fourth-order valence-corrected chi connectivity index (χ4v) is 3.37. The molecule has 0 unspecified atom stereocenters. The van der Waals surface area contributed by atoms with Crippen LogP contribution in [-0.4, -0.2) is 35.3 Å². The molecule has 8 nitrogen and oxygen atoms in total. The van der Waals surface area contributed by atoms with Gasteiger partial charge in [0.25, 0.3) is 5.91 Å². The molecule has 1 amide bonds. The molecule has 158 valence electrons. The van der Waals surface area contributed by atoms with Gasteiger partial charge in [-0.25, -0.2) is 23.6 Å². The lowest BCUT2D eigenvalue weighted by molar-refractivity contribution is 0.102. The number of benzene rings is 2. The molecule has 0 spiro atoms. The number of hydrogen-bond acceptors (Lipinski definition) is 5. The van der Waals surface area contributed by atoms with E-state index in [2.05, 4.69) is 25.5 Å². The number of hydrogen-bond donors (Lipinski definition) is 1. The third kappa shape index (κ3) is 3.83. The number of carbonyl (C=O) groups excluding carboxylic acids is 1. The molecule has 0 fully saturated rings. The first kappa shape index (κ1) is 19.6. The molecular formula is C23H18FN7O. The Morgan fingerprint density at radius 1 is 1.03 bits per heavy atom. The second-order valence-corrected chi connectivity index (χ2v) is 7.34. The van der Waals surface area contributed by atoms with E-state index >= 15 is 0 Å². The minimum Gasteiger partial charge on any atom is -0.289 e. The molecule has 1 N–H and O–H groups in total. The Labute approximate surface area is 182 Å². The topological polar surface area (TPSA) is 90.0 Å². The van der Waals surface area contributed by atoms with Crippen LogP contribution in [0.3, 0.4) is 0 Å². The molecule has 0 radical (unpaired) electrons. The molecule has 32 heavy (non-hydrogen) atoms. The van der Waals surface area contributed by atoms with Crippen LogP contribution >= 0.6 is 0 Å². The highest BCUT2D eigenvalue weighted by Crippen LogP contribution is 2.21. The van der Waals surface area contributed by atoms with Gasteiger partial charge in [0, 0.05) is 11.8 Å². The van der Waals surface area contributed by atoms with Gasteiger partial charge in [-0.15, -0.1) is 5.10 Å². The van der Waals surface area contributed by atoms with Crippen molar-refractivity contribution in [2.75, 3.05) is 5.32 Å². The van der Waals surface area contributed by atoms with Crippen LogP contribution < -0.4 is 5.32 Å². The Morgan fingerprint density at radius 2 is 1.81 bits per heavy atom. The summed E-state index contributed by atoms with van der Waals surface area (Å²) in [5, 5.41) is 11.3. The smallest absolute Gasteiger partial charge is 0.263 e. The van der Waals surface area contributed by atoms with Gasteiger partial charge in [0.2, 0.25) is 5.95 Å². The lowest BCUT2D eigenvalue weighted by atomic mass is 10.1. The zero-order valence-electron chi connectivity index (χ0n) is 17.1. The van der Waals surface area contributed by atoms with Gasteiger partial charge in [-0.3, -0.25) is 10.1 Å². The normalized spacial score (nSPS) is 11.1. The first-order valence-electron chi connectivity index (χ1n) is 9.92. The van der Waals surface area contributed by atoms with Gasteiger partial charge in [-0.1, -0.05) is 42.0 Å². The number of rotatable bonds is 5. The molecule has 3 heterocycles. The summed E-state index contributed by atoms with van der Waals surface area (Å²) in [4.78, 5) is 21.3. The number of carbonyl (C=O) groups is 1. The number of anilines is 1. The van der Waals surface area contributed by atoms with Crippen LogP contribution in [0.5, 0.6) is 0 Å². The van der Waals surface area contributed by atoms with Crippen molar-refractivity contribution in [1.82, 2.24) is 29.4 Å². The van der Waals surface area contributed by atoms with Crippen LogP contribution in [0.1, 0.15) is 21.5 Å². The van der Waals surface area contributed by atoms with Crippen molar-refractivity contribution in [2.45, 2.75) is 13.5 Å². The van der Waals surface area contributed by atoms with Gasteiger partial charge in [0.1, 0.15) is 17.7 Å². The Kier molecular flexibility index (Phi) is 4.91. The lowest BCUT2D eigenvalue weighted by Gasteiger charge is -2.05. The van der Waals surface area contributed by atoms with E-state index in [0.29, 0.717) is 17.8 Å². The fraction of sp³-hybridized carbons (Fsp3) is 0.0870. The molecule has 9 heteroatoms. The van der Waals surface area contributed by atoms with E-state index in [4.69, 9.17) is 0 Å². The molecule has 0 aliphatic rings. The summed E-state index contributed by atoms with van der Waals surface area (Å²) in [6.45, 7) is 2.43. The highest BCUT2D eigenvalue weighted by atomic mass is 19.1. The van der Waals surface area contributed by atoms with Gasteiger partial charge in [-0.2, -0.15) is 5.10 Å². The highest BCUT2D eigenvalue weighted by Gasteiger charge is 2.17. The van der Waals surface area contributed by atoms with Gasteiger partial charge >= 0.3 is 0 Å². The maximum absolute atomic E-state index is 13.1. The zero-order valence-corrected chi connectivity index (χ0v) is 17.1. The average Bonchev–Trinajstić information content (AvgIpc) is 3.42. The molecule has 0 aliphatic carbocycles. The highest BCUT2D eigenvalue weighted by molar-refractivity contribution is 6.07. The third-order valence-electron chi connectivity index (χ3n) is 5.01. The zero-order chi connectivity index (χ0) is 22.1. The number of aromatic nitrogens is 6. The van der Waals surface area contributed by atoms with Crippen LogP contribution in [0.25, 0.3) is 16.9 Å². The van der Waals surface area contributed by atoms with Crippen LogP contribution in [0.4, 0.5) is 10.3 Å². The third-order valence-corrected chi connectivity index (χ3v) is 5.01. The maximum Gasteiger partial charge on any atom is 0.263 e. The largest absolute Gasteiger partial charge is 0.289 e. The van der Waals surface area contributed by atoms with E-state index in [0.717, 1.165) is 22.4 Å². The second kappa shape index (κ2) is 8.03. The van der Waals surface area contributed by atoms with Gasteiger partial charge in [0.05, 0.1) is 18.4 Å². The molecular weight excluding hydrogens is 409 g/mol. The summed E-state index contributed by atoms with van der Waals surface area (Å²) in [5.74, 6) is -0.549. The second-order valence-electron chi connectivity index (χ2n) is 7.34. The van der Waals surface area contributed by atoms with Crippen LogP contribution in [0.15, 0.2) is 73.3 Å². The lowest BCUT2D eigenvalue weighted by Crippen LogP contribution is -2.14. The van der Waals surface area contributed by atoms with Crippen LogP contribution in [-0.2, 0) is 6.54 Å². The standard InChI is InChI=1S/C23H18FN7O/c1-15-2-6-17(7-3-15)20-10-11-25-21-19(12-27-31(20)21)22(32)28-23-26-14-30(29-23)13-16-4-8-18(24)9-5-16/h2-12,14H,13H2,1H3,(H,28,29,32). The van der Waals surface area contributed by atoms with Gasteiger partial charge in [0.15, 0.2) is 5.65 Å². The molecule has 5 rings (SSSR count). The van der Waals surface area contributed by atoms with E-state index in [1.807, 2.05) is 37.3 Å². The molecule has 0 saturated heterocycles. The number of nitrogens with zero attached hydrogens (tertiary/aromatic N) is 6. The Balaban J connectivity index is 1.36. The Morgan fingerprint density at radius 3 is 2.59 bits per heavy atom. The number of fused-ring (bicyclic) bond motifs is 1. The number of amides is 1. The van der Waals surface area contributed by atoms with E-state index in [9.17, 15) is 9.18 Å². The van der Waals surface area contributed by atoms with E-state index in [-0.39, 0.29) is 11.8 Å². The predicted octanol–water partition coefficient (Wildman–Crippen LogP) is 3.74. The van der Waals surface area contributed by atoms with Gasteiger partial charge in [-0.05, 0) is 30.7 Å². The molecule has 0 bridgehead atoms.